The Bertz CT molecular complexity index is 878. The fraction of sp³-hybridized carbons (Fsp3) is 0.250. The first-order chi connectivity index (χ1) is 13.1. The molecule has 1 unspecified atom stereocenters. The molecule has 0 bridgehead atoms. The Labute approximate surface area is 161 Å². The maximum absolute atomic E-state index is 12.3. The van der Waals surface area contributed by atoms with Gasteiger partial charge in [0.05, 0.1) is 16.8 Å². The second-order valence-corrected chi connectivity index (χ2v) is 7.34. The third kappa shape index (κ3) is 5.79. The summed E-state index contributed by atoms with van der Waals surface area (Å²) >= 11 is 1.54. The van der Waals surface area contributed by atoms with Crippen LogP contribution in [0.5, 0.6) is 0 Å². The van der Waals surface area contributed by atoms with Crippen molar-refractivity contribution in [2.75, 3.05) is 0 Å². The first kappa shape index (κ1) is 18.8. The Morgan fingerprint density at radius 2 is 1.81 bits per heavy atom. The van der Waals surface area contributed by atoms with Crippen molar-refractivity contribution in [3.8, 4) is 0 Å². The molecule has 27 heavy (non-hydrogen) atoms. The van der Waals surface area contributed by atoms with Gasteiger partial charge < -0.3 is 15.7 Å². The normalized spacial score (nSPS) is 11.9. The van der Waals surface area contributed by atoms with Gasteiger partial charge in [-0.3, -0.25) is 4.79 Å². The third-order valence-electron chi connectivity index (χ3n) is 4.11. The number of rotatable bonds is 8. The highest BCUT2D eigenvalue weighted by atomic mass is 32.1. The van der Waals surface area contributed by atoms with Crippen molar-refractivity contribution in [3.63, 3.8) is 0 Å². The number of aromatic nitrogens is 1. The number of hydrogen-bond acceptors (Lipinski definition) is 4. The Kier molecular flexibility index (Phi) is 6.38. The minimum atomic E-state index is -0.871. The van der Waals surface area contributed by atoms with Gasteiger partial charge in [-0.2, -0.15) is 0 Å². The molecule has 0 fully saturated rings. The smallest absolute Gasteiger partial charge is 0.315 e. The minimum Gasteiger partial charge on any atom is -0.481 e. The first-order valence-electron chi connectivity index (χ1n) is 8.74. The average Bonchev–Trinajstić information content (AvgIpc) is 3.08. The quantitative estimate of drug-likeness (QED) is 0.554. The molecule has 2 amide bonds. The lowest BCUT2D eigenvalue weighted by atomic mass is 10.0. The molecule has 0 spiro atoms. The summed E-state index contributed by atoms with van der Waals surface area (Å²) in [6, 6.07) is 17.0. The molecule has 1 aromatic heterocycles. The van der Waals surface area contributed by atoms with Crippen LogP contribution in [0.4, 0.5) is 4.79 Å². The van der Waals surface area contributed by atoms with Gasteiger partial charge in [0.25, 0.3) is 0 Å². The van der Waals surface area contributed by atoms with Crippen molar-refractivity contribution in [3.05, 3.63) is 65.2 Å². The number of amides is 2. The van der Waals surface area contributed by atoms with Crippen LogP contribution in [0.2, 0.25) is 0 Å². The highest BCUT2D eigenvalue weighted by molar-refractivity contribution is 7.18. The fourth-order valence-electron chi connectivity index (χ4n) is 2.81. The van der Waals surface area contributed by atoms with Crippen molar-refractivity contribution in [1.82, 2.24) is 15.6 Å². The zero-order valence-electron chi connectivity index (χ0n) is 14.7. The van der Waals surface area contributed by atoms with E-state index in [9.17, 15) is 9.59 Å². The predicted octanol–water partition coefficient (Wildman–Crippen LogP) is 3.57. The molecule has 0 aliphatic heterocycles. The van der Waals surface area contributed by atoms with E-state index < -0.39 is 5.97 Å². The lowest BCUT2D eigenvalue weighted by Gasteiger charge is -2.18. The zero-order valence-corrected chi connectivity index (χ0v) is 15.5. The molecule has 3 rings (SSSR count). The van der Waals surface area contributed by atoms with E-state index in [0.29, 0.717) is 19.4 Å². The topological polar surface area (TPSA) is 91.3 Å². The van der Waals surface area contributed by atoms with Crippen molar-refractivity contribution in [1.29, 1.82) is 0 Å². The van der Waals surface area contributed by atoms with Gasteiger partial charge >= 0.3 is 12.0 Å². The second-order valence-electron chi connectivity index (χ2n) is 6.22. The van der Waals surface area contributed by atoms with Gasteiger partial charge in [-0.1, -0.05) is 42.5 Å². The van der Waals surface area contributed by atoms with Crippen LogP contribution in [-0.2, 0) is 17.8 Å². The fourth-order valence-corrected chi connectivity index (χ4v) is 3.72. The van der Waals surface area contributed by atoms with Gasteiger partial charge in [0.1, 0.15) is 5.01 Å². The van der Waals surface area contributed by atoms with E-state index in [1.165, 1.54) is 0 Å². The van der Waals surface area contributed by atoms with Crippen molar-refractivity contribution >= 4 is 33.6 Å². The summed E-state index contributed by atoms with van der Waals surface area (Å²) in [5.41, 5.74) is 1.97. The van der Waals surface area contributed by atoms with Crippen LogP contribution in [0.25, 0.3) is 10.2 Å². The van der Waals surface area contributed by atoms with E-state index >= 15 is 0 Å². The summed E-state index contributed by atoms with van der Waals surface area (Å²) in [5.74, 6) is -0.871. The number of urea groups is 1. The van der Waals surface area contributed by atoms with Crippen molar-refractivity contribution < 1.29 is 14.7 Å². The Balaban J connectivity index is 1.56. The van der Waals surface area contributed by atoms with Crippen LogP contribution in [0, 0.1) is 0 Å². The standard InChI is InChI=1S/C20H21N3O3S/c24-19(25)11-10-15(12-14-6-2-1-3-7-14)22-20(26)21-13-18-23-16-8-4-5-9-17(16)27-18/h1-9,15H,10-13H2,(H,24,25)(H2,21,22,26). The number of fused-ring (bicyclic) bond motifs is 1. The molecule has 1 atom stereocenters. The number of nitrogens with zero attached hydrogens (tertiary/aromatic N) is 1. The maximum atomic E-state index is 12.3. The number of carboxylic acids is 1. The lowest BCUT2D eigenvalue weighted by Crippen LogP contribution is -2.43. The average molecular weight is 383 g/mol. The van der Waals surface area contributed by atoms with Gasteiger partial charge in [-0.15, -0.1) is 11.3 Å². The molecule has 0 saturated carbocycles. The lowest BCUT2D eigenvalue weighted by molar-refractivity contribution is -0.137. The molecular weight excluding hydrogens is 362 g/mol. The van der Waals surface area contributed by atoms with E-state index in [0.717, 1.165) is 20.8 Å². The summed E-state index contributed by atoms with van der Waals surface area (Å²) in [6.45, 7) is 0.335. The highest BCUT2D eigenvalue weighted by Gasteiger charge is 2.15. The Hall–Kier alpha value is -2.93. The molecule has 2 aromatic carbocycles. The largest absolute Gasteiger partial charge is 0.481 e. The number of aliphatic carboxylic acids is 1. The number of nitrogens with one attached hydrogen (secondary N) is 2. The number of carbonyl (C=O) groups excluding carboxylic acids is 1. The van der Waals surface area contributed by atoms with Crippen molar-refractivity contribution in [2.24, 2.45) is 0 Å². The molecule has 0 aliphatic carbocycles. The first-order valence-corrected chi connectivity index (χ1v) is 9.56. The number of hydrogen-bond donors (Lipinski definition) is 3. The number of thiazole rings is 1. The van der Waals surface area contributed by atoms with Crippen LogP contribution in [0.3, 0.4) is 0 Å². The highest BCUT2D eigenvalue weighted by Crippen LogP contribution is 2.21. The summed E-state index contributed by atoms with van der Waals surface area (Å²) in [7, 11) is 0. The maximum Gasteiger partial charge on any atom is 0.315 e. The molecule has 0 saturated heterocycles. The molecule has 7 heteroatoms. The van der Waals surface area contributed by atoms with E-state index in [1.54, 1.807) is 11.3 Å². The van der Waals surface area contributed by atoms with E-state index in [-0.39, 0.29) is 18.5 Å². The van der Waals surface area contributed by atoms with Crippen LogP contribution in [0.15, 0.2) is 54.6 Å². The number of carboxylic acid groups (broad SMARTS) is 1. The van der Waals surface area contributed by atoms with Gasteiger partial charge in [-0.05, 0) is 30.5 Å². The van der Waals surface area contributed by atoms with Crippen molar-refractivity contribution in [2.45, 2.75) is 31.8 Å². The monoisotopic (exact) mass is 383 g/mol. The van der Waals surface area contributed by atoms with E-state index in [1.807, 2.05) is 54.6 Å². The molecule has 1 heterocycles. The molecule has 6 nitrogen and oxygen atoms in total. The molecule has 0 radical (unpaired) electrons. The third-order valence-corrected chi connectivity index (χ3v) is 5.14. The summed E-state index contributed by atoms with van der Waals surface area (Å²) < 4.78 is 1.08. The van der Waals surface area contributed by atoms with Crippen LogP contribution < -0.4 is 10.6 Å². The van der Waals surface area contributed by atoms with Crippen LogP contribution >= 0.6 is 11.3 Å². The Morgan fingerprint density at radius 1 is 1.07 bits per heavy atom. The van der Waals surface area contributed by atoms with E-state index in [4.69, 9.17) is 5.11 Å². The second kappa shape index (κ2) is 9.14. The van der Waals surface area contributed by atoms with Gasteiger partial charge in [-0.25, -0.2) is 9.78 Å². The van der Waals surface area contributed by atoms with Crippen LogP contribution in [0.1, 0.15) is 23.4 Å². The van der Waals surface area contributed by atoms with E-state index in [2.05, 4.69) is 15.6 Å². The molecular formula is C20H21N3O3S. The number of para-hydroxylation sites is 1. The van der Waals surface area contributed by atoms with Gasteiger partial charge in [0, 0.05) is 12.5 Å². The molecule has 0 aliphatic rings. The molecule has 140 valence electrons. The van der Waals surface area contributed by atoms with Gasteiger partial charge in [0.2, 0.25) is 0 Å². The summed E-state index contributed by atoms with van der Waals surface area (Å²) in [6.07, 6.45) is 0.969. The predicted molar refractivity (Wildman–Crippen MR) is 106 cm³/mol. The number of carbonyl (C=O) groups is 2. The number of benzene rings is 2. The summed E-state index contributed by atoms with van der Waals surface area (Å²) in [4.78, 5) is 27.7. The molecule has 3 aromatic rings. The van der Waals surface area contributed by atoms with Gasteiger partial charge in [0.15, 0.2) is 0 Å². The van der Waals surface area contributed by atoms with Crippen LogP contribution in [-0.4, -0.2) is 28.1 Å². The Morgan fingerprint density at radius 3 is 2.56 bits per heavy atom. The summed E-state index contributed by atoms with van der Waals surface area (Å²) in [5, 5.41) is 15.5. The zero-order chi connectivity index (χ0) is 19.1. The minimum absolute atomic E-state index is 0.00957. The molecule has 3 N–H and O–H groups in total. The SMILES string of the molecule is O=C(O)CCC(Cc1ccccc1)NC(=O)NCc1nc2ccccc2s1.